The average molecular weight is 289 g/mol. The molecular formula is C18H31N3. The molecule has 0 unspecified atom stereocenters. The minimum Gasteiger partial charge on any atom is -0.354 e. The highest BCUT2D eigenvalue weighted by atomic mass is 15.2. The summed E-state index contributed by atoms with van der Waals surface area (Å²) >= 11 is 0. The van der Waals surface area contributed by atoms with Gasteiger partial charge in [0.2, 0.25) is 0 Å². The summed E-state index contributed by atoms with van der Waals surface area (Å²) in [5.41, 5.74) is 7.51. The van der Waals surface area contributed by atoms with Crippen molar-refractivity contribution in [1.82, 2.24) is 4.98 Å². The molecule has 0 amide bonds. The first-order valence-electron chi connectivity index (χ1n) is 8.40. The van der Waals surface area contributed by atoms with Crippen molar-refractivity contribution in [3.05, 3.63) is 23.9 Å². The van der Waals surface area contributed by atoms with Crippen molar-refractivity contribution in [2.24, 2.45) is 5.73 Å². The van der Waals surface area contributed by atoms with E-state index in [9.17, 15) is 0 Å². The highest BCUT2D eigenvalue weighted by Gasteiger charge is 2.25. The Bertz CT molecular complexity index is 425. The van der Waals surface area contributed by atoms with Crippen molar-refractivity contribution >= 4 is 5.82 Å². The van der Waals surface area contributed by atoms with Crippen molar-refractivity contribution in [1.29, 1.82) is 0 Å². The molecule has 0 saturated heterocycles. The van der Waals surface area contributed by atoms with E-state index in [1.165, 1.54) is 18.4 Å². The molecule has 2 N–H and O–H groups in total. The zero-order valence-electron chi connectivity index (χ0n) is 14.1. The van der Waals surface area contributed by atoms with Crippen LogP contribution in [-0.2, 0) is 5.41 Å². The third-order valence-corrected chi connectivity index (χ3v) is 4.55. The second-order valence-corrected chi connectivity index (χ2v) is 7.42. The summed E-state index contributed by atoms with van der Waals surface area (Å²) in [4.78, 5) is 7.25. The van der Waals surface area contributed by atoms with Crippen LogP contribution in [0, 0.1) is 0 Å². The number of anilines is 1. The van der Waals surface area contributed by atoms with E-state index in [0.717, 1.165) is 31.6 Å². The van der Waals surface area contributed by atoms with E-state index in [2.05, 4.69) is 44.7 Å². The van der Waals surface area contributed by atoms with Crippen LogP contribution in [0.15, 0.2) is 18.3 Å². The third-order valence-electron chi connectivity index (χ3n) is 4.55. The van der Waals surface area contributed by atoms with Crippen LogP contribution in [0.3, 0.4) is 0 Å². The largest absolute Gasteiger partial charge is 0.354 e. The summed E-state index contributed by atoms with van der Waals surface area (Å²) in [5.74, 6) is 1.13. The molecule has 1 aromatic rings. The van der Waals surface area contributed by atoms with E-state index in [4.69, 9.17) is 10.7 Å². The fourth-order valence-electron chi connectivity index (χ4n) is 3.14. The average Bonchev–Trinajstić information content (AvgIpc) is 2.45. The molecule has 3 heteroatoms. The Morgan fingerprint density at radius 2 is 1.86 bits per heavy atom. The first kappa shape index (κ1) is 16.3. The molecule has 1 fully saturated rings. The number of nitrogens with zero attached hydrogens (tertiary/aromatic N) is 2. The number of hydrogen-bond acceptors (Lipinski definition) is 3. The fourth-order valence-corrected chi connectivity index (χ4v) is 3.14. The number of rotatable bonds is 4. The van der Waals surface area contributed by atoms with Crippen molar-refractivity contribution in [3.63, 3.8) is 0 Å². The minimum atomic E-state index is 0.165. The number of aromatic nitrogens is 1. The molecule has 0 bridgehead atoms. The van der Waals surface area contributed by atoms with Crippen molar-refractivity contribution in [2.75, 3.05) is 11.4 Å². The molecular weight excluding hydrogens is 258 g/mol. The minimum absolute atomic E-state index is 0.165. The first-order chi connectivity index (χ1) is 9.91. The summed E-state index contributed by atoms with van der Waals surface area (Å²) in [6, 6.07) is 5.45. The van der Waals surface area contributed by atoms with Gasteiger partial charge in [-0.2, -0.15) is 0 Å². The van der Waals surface area contributed by atoms with Crippen LogP contribution < -0.4 is 10.6 Å². The van der Waals surface area contributed by atoms with Gasteiger partial charge in [0.15, 0.2) is 0 Å². The van der Waals surface area contributed by atoms with Gasteiger partial charge in [0, 0.05) is 24.8 Å². The fraction of sp³-hybridized carbons (Fsp3) is 0.722. The van der Waals surface area contributed by atoms with Crippen LogP contribution in [0.5, 0.6) is 0 Å². The Kier molecular flexibility index (Phi) is 5.26. The molecule has 1 aliphatic carbocycles. The molecule has 0 atom stereocenters. The molecule has 0 spiro atoms. The second-order valence-electron chi connectivity index (χ2n) is 7.42. The van der Waals surface area contributed by atoms with E-state index in [1.54, 1.807) is 0 Å². The number of hydrogen-bond donors (Lipinski definition) is 1. The lowest BCUT2D eigenvalue weighted by molar-refractivity contribution is 0.374. The normalized spacial score (nSPS) is 23.1. The molecule has 1 aliphatic rings. The van der Waals surface area contributed by atoms with Gasteiger partial charge < -0.3 is 10.6 Å². The summed E-state index contributed by atoms with van der Waals surface area (Å²) in [6.45, 7) is 10.0. The van der Waals surface area contributed by atoms with E-state index in [0.29, 0.717) is 12.1 Å². The molecule has 1 saturated carbocycles. The summed E-state index contributed by atoms with van der Waals surface area (Å²) in [5, 5.41) is 0. The molecule has 21 heavy (non-hydrogen) atoms. The van der Waals surface area contributed by atoms with Crippen LogP contribution in [0.25, 0.3) is 0 Å². The molecule has 0 aromatic carbocycles. The maximum absolute atomic E-state index is 6.04. The highest BCUT2D eigenvalue weighted by Crippen LogP contribution is 2.28. The van der Waals surface area contributed by atoms with Gasteiger partial charge >= 0.3 is 0 Å². The summed E-state index contributed by atoms with van der Waals surface area (Å²) in [6.07, 6.45) is 7.89. The molecule has 0 aliphatic heterocycles. The van der Waals surface area contributed by atoms with Crippen LogP contribution >= 0.6 is 0 Å². The Hall–Kier alpha value is -1.09. The topological polar surface area (TPSA) is 42.2 Å². The zero-order valence-corrected chi connectivity index (χ0v) is 14.1. The van der Waals surface area contributed by atoms with Gasteiger partial charge in [-0.1, -0.05) is 33.8 Å². The van der Waals surface area contributed by atoms with Gasteiger partial charge in [-0.25, -0.2) is 4.98 Å². The Morgan fingerprint density at radius 3 is 2.33 bits per heavy atom. The van der Waals surface area contributed by atoms with E-state index < -0.39 is 0 Å². The molecule has 1 heterocycles. The van der Waals surface area contributed by atoms with Gasteiger partial charge in [-0.05, 0) is 49.1 Å². The van der Waals surface area contributed by atoms with Crippen LogP contribution in [0.4, 0.5) is 5.82 Å². The van der Waals surface area contributed by atoms with E-state index in [-0.39, 0.29) is 5.41 Å². The third kappa shape index (κ3) is 4.19. The van der Waals surface area contributed by atoms with Gasteiger partial charge in [0.1, 0.15) is 5.82 Å². The number of pyridine rings is 1. The first-order valence-corrected chi connectivity index (χ1v) is 8.40. The lowest BCUT2D eigenvalue weighted by Gasteiger charge is -2.37. The van der Waals surface area contributed by atoms with Crippen LogP contribution in [-0.4, -0.2) is 23.6 Å². The standard InChI is InChI=1S/C18H31N3/c1-5-12-21(16-9-7-15(19)8-10-16)17-11-6-14(13-20-17)18(2,3)4/h6,11,13,15-16H,5,7-10,12,19H2,1-4H3. The van der Waals surface area contributed by atoms with E-state index >= 15 is 0 Å². The monoisotopic (exact) mass is 289 g/mol. The van der Waals surface area contributed by atoms with Gasteiger partial charge in [-0.3, -0.25) is 0 Å². The second kappa shape index (κ2) is 6.78. The quantitative estimate of drug-likeness (QED) is 0.915. The lowest BCUT2D eigenvalue weighted by atomic mass is 9.88. The van der Waals surface area contributed by atoms with Crippen molar-refractivity contribution in [3.8, 4) is 0 Å². The molecule has 118 valence electrons. The number of nitrogens with two attached hydrogens (primary N) is 1. The molecule has 2 rings (SSSR count). The van der Waals surface area contributed by atoms with Gasteiger partial charge in [-0.15, -0.1) is 0 Å². The van der Waals surface area contributed by atoms with Crippen molar-refractivity contribution in [2.45, 2.75) is 77.3 Å². The molecule has 1 aromatic heterocycles. The maximum atomic E-state index is 6.04. The van der Waals surface area contributed by atoms with Gasteiger partial charge in [0.05, 0.1) is 0 Å². The lowest BCUT2D eigenvalue weighted by Crippen LogP contribution is -2.41. The smallest absolute Gasteiger partial charge is 0.128 e. The SMILES string of the molecule is CCCN(c1ccc(C(C)(C)C)cn1)C1CCC(N)CC1. The summed E-state index contributed by atoms with van der Waals surface area (Å²) < 4.78 is 0. The van der Waals surface area contributed by atoms with Crippen LogP contribution in [0.1, 0.15) is 65.4 Å². The Balaban J connectivity index is 2.14. The predicted octanol–water partition coefficient (Wildman–Crippen LogP) is 3.87. The van der Waals surface area contributed by atoms with Crippen LogP contribution in [0.2, 0.25) is 0 Å². The highest BCUT2D eigenvalue weighted by molar-refractivity contribution is 5.41. The summed E-state index contributed by atoms with van der Waals surface area (Å²) in [7, 11) is 0. The Labute approximate surface area is 129 Å². The van der Waals surface area contributed by atoms with E-state index in [1.807, 2.05) is 6.20 Å². The zero-order chi connectivity index (χ0) is 15.5. The molecule has 0 radical (unpaired) electrons. The Morgan fingerprint density at radius 1 is 1.19 bits per heavy atom. The molecule has 3 nitrogen and oxygen atoms in total. The maximum Gasteiger partial charge on any atom is 0.128 e. The van der Waals surface area contributed by atoms with Gasteiger partial charge in [0.25, 0.3) is 0 Å². The predicted molar refractivity (Wildman–Crippen MR) is 90.8 cm³/mol. The van der Waals surface area contributed by atoms with Crippen molar-refractivity contribution < 1.29 is 0 Å².